The van der Waals surface area contributed by atoms with E-state index in [1.807, 2.05) is 0 Å². The number of carbonyl (C=O) groups excluding carboxylic acids is 1. The van der Waals surface area contributed by atoms with Crippen LogP contribution in [0.5, 0.6) is 11.5 Å². The number of unbranched alkanes of at least 4 members (excludes halogenated alkanes) is 8. The van der Waals surface area contributed by atoms with E-state index in [4.69, 9.17) is 14.6 Å². The lowest BCUT2D eigenvalue weighted by Crippen LogP contribution is -2.08. The molecule has 2 rings (SSSR count). The highest BCUT2D eigenvalue weighted by Gasteiger charge is 2.10. The molecule has 30 heavy (non-hydrogen) atoms. The fourth-order valence-electron chi connectivity index (χ4n) is 3.12. The molecule has 0 spiro atoms. The minimum Gasteiger partial charge on any atom is -0.494 e. The van der Waals surface area contributed by atoms with Gasteiger partial charge in [-0.25, -0.2) is 9.59 Å². The van der Waals surface area contributed by atoms with E-state index >= 15 is 0 Å². The predicted octanol–water partition coefficient (Wildman–Crippen LogP) is 6.51. The molecule has 0 fully saturated rings. The fraction of sp³-hybridized carbons (Fsp3) is 0.440. The van der Waals surface area contributed by atoms with Crippen molar-refractivity contribution < 1.29 is 24.2 Å². The van der Waals surface area contributed by atoms with Crippen molar-refractivity contribution in [2.45, 2.75) is 64.7 Å². The summed E-state index contributed by atoms with van der Waals surface area (Å²) in [6, 6.07) is 12.6. The van der Waals surface area contributed by atoms with Gasteiger partial charge < -0.3 is 14.6 Å². The molecule has 0 aliphatic rings. The Morgan fingerprint density at radius 1 is 0.700 bits per heavy atom. The van der Waals surface area contributed by atoms with Crippen molar-refractivity contribution in [2.75, 3.05) is 6.61 Å². The minimum absolute atomic E-state index is 0.142. The Bertz CT molecular complexity index is 765. The second-order valence-corrected chi connectivity index (χ2v) is 7.42. The zero-order valence-corrected chi connectivity index (χ0v) is 17.8. The third-order valence-corrected chi connectivity index (χ3v) is 4.92. The Morgan fingerprint density at radius 2 is 1.20 bits per heavy atom. The Morgan fingerprint density at radius 3 is 1.77 bits per heavy atom. The van der Waals surface area contributed by atoms with Crippen LogP contribution in [0.1, 0.15) is 85.4 Å². The van der Waals surface area contributed by atoms with Crippen LogP contribution in [0.25, 0.3) is 0 Å². The fourth-order valence-corrected chi connectivity index (χ4v) is 3.12. The summed E-state index contributed by atoms with van der Waals surface area (Å²) >= 11 is 0. The molecular formula is C25H32O5. The Hall–Kier alpha value is -2.82. The number of carboxylic acid groups (broad SMARTS) is 1. The van der Waals surface area contributed by atoms with Gasteiger partial charge in [-0.15, -0.1) is 0 Å². The van der Waals surface area contributed by atoms with Gasteiger partial charge in [-0.3, -0.25) is 0 Å². The van der Waals surface area contributed by atoms with E-state index in [9.17, 15) is 9.59 Å². The van der Waals surface area contributed by atoms with Gasteiger partial charge in [0.25, 0.3) is 0 Å². The third kappa shape index (κ3) is 8.68. The number of hydrogen-bond acceptors (Lipinski definition) is 4. The number of carbonyl (C=O) groups is 2. The van der Waals surface area contributed by atoms with Crippen molar-refractivity contribution in [3.63, 3.8) is 0 Å². The monoisotopic (exact) mass is 412 g/mol. The first-order valence-electron chi connectivity index (χ1n) is 10.9. The first-order valence-corrected chi connectivity index (χ1v) is 10.9. The van der Waals surface area contributed by atoms with E-state index in [1.165, 1.54) is 75.6 Å². The smallest absolute Gasteiger partial charge is 0.343 e. The van der Waals surface area contributed by atoms with E-state index < -0.39 is 11.9 Å². The molecular weight excluding hydrogens is 380 g/mol. The summed E-state index contributed by atoms with van der Waals surface area (Å²) in [4.78, 5) is 23.1. The molecule has 0 heterocycles. The summed E-state index contributed by atoms with van der Waals surface area (Å²) in [7, 11) is 0. The Kier molecular flexibility index (Phi) is 10.5. The standard InChI is InChI=1S/C25H32O5/c1-2-3-4-5-6-7-8-9-10-19-29-22-15-13-21(14-16-22)25(28)30-23-17-11-20(12-18-23)24(26)27/h11-18H,2-10,19H2,1H3,(H,26,27). The molecule has 2 aromatic carbocycles. The number of ether oxygens (including phenoxy) is 2. The number of carboxylic acids is 1. The van der Waals surface area contributed by atoms with Crippen molar-refractivity contribution in [1.82, 2.24) is 0 Å². The first kappa shape index (κ1) is 23.5. The molecule has 0 atom stereocenters. The van der Waals surface area contributed by atoms with E-state index in [0.29, 0.717) is 17.9 Å². The average molecular weight is 413 g/mol. The van der Waals surface area contributed by atoms with Gasteiger partial charge in [-0.05, 0) is 55.0 Å². The quantitative estimate of drug-likeness (QED) is 0.217. The maximum absolute atomic E-state index is 12.2. The number of hydrogen-bond donors (Lipinski definition) is 1. The first-order chi connectivity index (χ1) is 14.6. The number of benzene rings is 2. The number of aromatic carboxylic acids is 1. The predicted molar refractivity (Wildman–Crippen MR) is 118 cm³/mol. The van der Waals surface area contributed by atoms with E-state index in [2.05, 4.69) is 6.92 Å². The molecule has 1 N–H and O–H groups in total. The normalized spacial score (nSPS) is 10.6. The lowest BCUT2D eigenvalue weighted by atomic mass is 10.1. The van der Waals surface area contributed by atoms with E-state index in [1.54, 1.807) is 24.3 Å². The van der Waals surface area contributed by atoms with Crippen LogP contribution in [0.15, 0.2) is 48.5 Å². The molecule has 0 radical (unpaired) electrons. The van der Waals surface area contributed by atoms with Crippen LogP contribution in [0, 0.1) is 0 Å². The second-order valence-electron chi connectivity index (χ2n) is 7.42. The van der Waals surface area contributed by atoms with Gasteiger partial charge >= 0.3 is 11.9 Å². The average Bonchev–Trinajstić information content (AvgIpc) is 2.76. The minimum atomic E-state index is -1.02. The molecule has 162 valence electrons. The van der Waals surface area contributed by atoms with Crippen LogP contribution in [0.4, 0.5) is 0 Å². The zero-order chi connectivity index (χ0) is 21.6. The highest BCUT2D eigenvalue weighted by atomic mass is 16.5. The maximum Gasteiger partial charge on any atom is 0.343 e. The van der Waals surface area contributed by atoms with Crippen LogP contribution in [0.3, 0.4) is 0 Å². The molecule has 0 saturated carbocycles. The van der Waals surface area contributed by atoms with Gasteiger partial charge in [0.1, 0.15) is 11.5 Å². The summed E-state index contributed by atoms with van der Waals surface area (Å²) in [5.74, 6) is -0.484. The molecule has 0 aliphatic carbocycles. The summed E-state index contributed by atoms with van der Waals surface area (Å²) in [5, 5.41) is 8.89. The molecule has 0 unspecified atom stereocenters. The van der Waals surface area contributed by atoms with Crippen LogP contribution >= 0.6 is 0 Å². The Balaban J connectivity index is 1.64. The van der Waals surface area contributed by atoms with Crippen LogP contribution < -0.4 is 9.47 Å². The lowest BCUT2D eigenvalue weighted by Gasteiger charge is -2.08. The zero-order valence-electron chi connectivity index (χ0n) is 17.8. The second kappa shape index (κ2) is 13.4. The van der Waals surface area contributed by atoms with Crippen molar-refractivity contribution in [1.29, 1.82) is 0 Å². The van der Waals surface area contributed by atoms with Crippen molar-refractivity contribution >= 4 is 11.9 Å². The van der Waals surface area contributed by atoms with Gasteiger partial charge in [0.05, 0.1) is 17.7 Å². The SMILES string of the molecule is CCCCCCCCCCCOc1ccc(C(=O)Oc2ccc(C(=O)O)cc2)cc1. The maximum atomic E-state index is 12.2. The molecule has 0 aromatic heterocycles. The topological polar surface area (TPSA) is 72.8 Å². The molecule has 0 bridgehead atoms. The highest BCUT2D eigenvalue weighted by molar-refractivity contribution is 5.91. The van der Waals surface area contributed by atoms with Gasteiger partial charge in [0.15, 0.2) is 0 Å². The van der Waals surface area contributed by atoms with Crippen LogP contribution in [-0.4, -0.2) is 23.7 Å². The van der Waals surface area contributed by atoms with Gasteiger partial charge in [-0.2, -0.15) is 0 Å². The van der Waals surface area contributed by atoms with Gasteiger partial charge in [-0.1, -0.05) is 58.3 Å². The summed E-state index contributed by atoms with van der Waals surface area (Å²) < 4.78 is 11.0. The summed E-state index contributed by atoms with van der Waals surface area (Å²) in [6.45, 7) is 2.92. The molecule has 0 aliphatic heterocycles. The van der Waals surface area contributed by atoms with E-state index in [0.717, 1.165) is 12.2 Å². The molecule has 2 aromatic rings. The number of esters is 1. The Labute approximate surface area is 179 Å². The molecule has 5 nitrogen and oxygen atoms in total. The summed E-state index contributed by atoms with van der Waals surface area (Å²) in [5.41, 5.74) is 0.552. The number of rotatable bonds is 14. The third-order valence-electron chi connectivity index (χ3n) is 4.92. The molecule has 5 heteroatoms. The molecule has 0 saturated heterocycles. The summed E-state index contributed by atoms with van der Waals surface area (Å²) in [6.07, 6.45) is 11.5. The lowest BCUT2D eigenvalue weighted by molar-refractivity contribution is 0.0696. The van der Waals surface area contributed by atoms with Crippen LogP contribution in [-0.2, 0) is 0 Å². The van der Waals surface area contributed by atoms with E-state index in [-0.39, 0.29) is 5.56 Å². The molecule has 0 amide bonds. The van der Waals surface area contributed by atoms with Gasteiger partial charge in [0, 0.05) is 0 Å². The van der Waals surface area contributed by atoms with Crippen LogP contribution in [0.2, 0.25) is 0 Å². The van der Waals surface area contributed by atoms with Crippen molar-refractivity contribution in [3.8, 4) is 11.5 Å². The van der Waals surface area contributed by atoms with Crippen molar-refractivity contribution in [3.05, 3.63) is 59.7 Å². The van der Waals surface area contributed by atoms with Crippen molar-refractivity contribution in [2.24, 2.45) is 0 Å². The highest BCUT2D eigenvalue weighted by Crippen LogP contribution is 2.17. The largest absolute Gasteiger partial charge is 0.494 e. The van der Waals surface area contributed by atoms with Gasteiger partial charge in [0.2, 0.25) is 0 Å².